The lowest BCUT2D eigenvalue weighted by Gasteiger charge is -2.05. The molecule has 0 unspecified atom stereocenters. The van der Waals surface area contributed by atoms with Crippen LogP contribution in [0.15, 0.2) is 12.1 Å². The quantitative estimate of drug-likeness (QED) is 0.654. The Kier molecular flexibility index (Phi) is 5.30. The minimum absolute atomic E-state index is 0.0574. The van der Waals surface area contributed by atoms with Crippen LogP contribution in [0, 0.1) is 17.5 Å². The van der Waals surface area contributed by atoms with Gasteiger partial charge in [0.2, 0.25) is 0 Å². The molecular formula is C14H16F3N3S. The van der Waals surface area contributed by atoms with E-state index in [4.69, 9.17) is 0 Å². The highest BCUT2D eigenvalue weighted by molar-refractivity contribution is 7.14. The van der Waals surface area contributed by atoms with Crippen LogP contribution in [-0.2, 0) is 6.42 Å². The molecule has 21 heavy (non-hydrogen) atoms. The molecule has 1 N–H and O–H groups in total. The Morgan fingerprint density at radius 1 is 1.14 bits per heavy atom. The average Bonchev–Trinajstić information content (AvgIpc) is 2.89. The van der Waals surface area contributed by atoms with Crippen LogP contribution < -0.4 is 5.32 Å². The molecule has 1 aromatic heterocycles. The maximum Gasteiger partial charge on any atom is 0.195 e. The highest BCUT2D eigenvalue weighted by Gasteiger charge is 2.17. The van der Waals surface area contributed by atoms with E-state index in [1.807, 2.05) is 0 Å². The van der Waals surface area contributed by atoms with Crippen LogP contribution in [0.4, 0.5) is 13.2 Å². The highest BCUT2D eigenvalue weighted by atomic mass is 32.1. The summed E-state index contributed by atoms with van der Waals surface area (Å²) in [7, 11) is 0. The van der Waals surface area contributed by atoms with Gasteiger partial charge in [0.1, 0.15) is 5.01 Å². The molecule has 0 fully saturated rings. The number of aryl methyl sites for hydroxylation is 1. The lowest BCUT2D eigenvalue weighted by atomic mass is 10.2. The van der Waals surface area contributed by atoms with Crippen molar-refractivity contribution in [3.05, 3.63) is 34.6 Å². The number of nitrogens with zero attached hydrogens (tertiary/aromatic N) is 2. The van der Waals surface area contributed by atoms with E-state index in [1.54, 1.807) is 0 Å². The van der Waals surface area contributed by atoms with E-state index in [1.165, 1.54) is 17.4 Å². The van der Waals surface area contributed by atoms with Crippen LogP contribution in [0.1, 0.15) is 25.3 Å². The standard InChI is InChI=1S/C14H16F3N3S/c1-8(2)18-7-3-4-11-19-20-14(21-11)9-5-6-10(15)13(17)12(9)16/h5-6,8,18H,3-4,7H2,1-2H3. The molecule has 114 valence electrons. The van der Waals surface area contributed by atoms with Gasteiger partial charge in [0.05, 0.1) is 5.56 Å². The first-order valence-corrected chi connectivity index (χ1v) is 7.50. The zero-order valence-electron chi connectivity index (χ0n) is 11.8. The summed E-state index contributed by atoms with van der Waals surface area (Å²) in [5, 5.41) is 12.1. The highest BCUT2D eigenvalue weighted by Crippen LogP contribution is 2.28. The number of rotatable bonds is 6. The van der Waals surface area contributed by atoms with Crippen molar-refractivity contribution in [3.8, 4) is 10.6 Å². The summed E-state index contributed by atoms with van der Waals surface area (Å²) in [5.74, 6) is -3.91. The second kappa shape index (κ2) is 7.00. The number of nitrogens with one attached hydrogen (secondary N) is 1. The van der Waals surface area contributed by atoms with Crippen LogP contribution in [0.3, 0.4) is 0 Å². The van der Waals surface area contributed by atoms with Crippen molar-refractivity contribution in [3.63, 3.8) is 0 Å². The second-order valence-corrected chi connectivity index (χ2v) is 6.00. The molecule has 0 radical (unpaired) electrons. The van der Waals surface area contributed by atoms with Crippen molar-refractivity contribution in [2.75, 3.05) is 6.54 Å². The second-order valence-electron chi connectivity index (χ2n) is 4.94. The van der Waals surface area contributed by atoms with E-state index in [9.17, 15) is 13.2 Å². The number of hydrogen-bond donors (Lipinski definition) is 1. The SMILES string of the molecule is CC(C)NCCCc1nnc(-c2ccc(F)c(F)c2F)s1. The number of aromatic nitrogens is 2. The normalized spacial score (nSPS) is 11.3. The third-order valence-electron chi connectivity index (χ3n) is 2.85. The summed E-state index contributed by atoms with van der Waals surface area (Å²) in [4.78, 5) is 0. The molecule has 0 bridgehead atoms. The van der Waals surface area contributed by atoms with E-state index >= 15 is 0 Å². The molecule has 0 atom stereocenters. The molecule has 0 aliphatic rings. The van der Waals surface area contributed by atoms with E-state index in [-0.39, 0.29) is 10.6 Å². The maximum absolute atomic E-state index is 13.7. The van der Waals surface area contributed by atoms with Gasteiger partial charge in [-0.3, -0.25) is 0 Å². The van der Waals surface area contributed by atoms with Crippen molar-refractivity contribution in [1.29, 1.82) is 0 Å². The molecule has 0 saturated heterocycles. The van der Waals surface area contributed by atoms with E-state index in [2.05, 4.69) is 29.4 Å². The zero-order valence-corrected chi connectivity index (χ0v) is 12.6. The predicted molar refractivity (Wildman–Crippen MR) is 76.7 cm³/mol. The molecule has 0 spiro atoms. The molecule has 0 aliphatic heterocycles. The Morgan fingerprint density at radius 3 is 2.62 bits per heavy atom. The predicted octanol–water partition coefficient (Wildman–Crippen LogP) is 3.55. The van der Waals surface area contributed by atoms with Gasteiger partial charge in [-0.2, -0.15) is 0 Å². The summed E-state index contributed by atoms with van der Waals surface area (Å²) in [6.45, 7) is 4.98. The first kappa shape index (κ1) is 15.9. The molecule has 0 aliphatic carbocycles. The third-order valence-corrected chi connectivity index (χ3v) is 3.87. The van der Waals surface area contributed by atoms with Gasteiger partial charge < -0.3 is 5.32 Å². The van der Waals surface area contributed by atoms with Gasteiger partial charge in [0.15, 0.2) is 22.5 Å². The fraction of sp³-hybridized carbons (Fsp3) is 0.429. The van der Waals surface area contributed by atoms with Gasteiger partial charge in [-0.25, -0.2) is 13.2 Å². The molecule has 7 heteroatoms. The van der Waals surface area contributed by atoms with Crippen molar-refractivity contribution in [1.82, 2.24) is 15.5 Å². The summed E-state index contributed by atoms with van der Waals surface area (Å²) >= 11 is 1.19. The summed E-state index contributed by atoms with van der Waals surface area (Å²) in [6.07, 6.45) is 1.59. The largest absolute Gasteiger partial charge is 0.315 e. The lowest BCUT2D eigenvalue weighted by Crippen LogP contribution is -2.23. The molecule has 1 aromatic carbocycles. The van der Waals surface area contributed by atoms with Crippen molar-refractivity contribution in [2.45, 2.75) is 32.7 Å². The van der Waals surface area contributed by atoms with Gasteiger partial charge in [-0.05, 0) is 25.1 Å². The Labute approximate surface area is 125 Å². The van der Waals surface area contributed by atoms with Crippen molar-refractivity contribution in [2.24, 2.45) is 0 Å². The van der Waals surface area contributed by atoms with Gasteiger partial charge in [0, 0.05) is 12.5 Å². The number of hydrogen-bond acceptors (Lipinski definition) is 4. The Bertz CT molecular complexity index is 614. The Morgan fingerprint density at radius 2 is 1.90 bits per heavy atom. The first-order chi connectivity index (χ1) is 9.99. The topological polar surface area (TPSA) is 37.8 Å². The molecule has 3 nitrogen and oxygen atoms in total. The molecule has 2 rings (SSSR count). The maximum atomic E-state index is 13.7. The van der Waals surface area contributed by atoms with Crippen molar-refractivity contribution < 1.29 is 13.2 Å². The van der Waals surface area contributed by atoms with E-state index < -0.39 is 17.5 Å². The minimum Gasteiger partial charge on any atom is -0.315 e. The van der Waals surface area contributed by atoms with E-state index in [0.717, 1.165) is 24.0 Å². The van der Waals surface area contributed by atoms with Crippen molar-refractivity contribution >= 4 is 11.3 Å². The smallest absolute Gasteiger partial charge is 0.195 e. The van der Waals surface area contributed by atoms with Crippen LogP contribution in [-0.4, -0.2) is 22.8 Å². The lowest BCUT2D eigenvalue weighted by molar-refractivity contribution is 0.449. The summed E-state index contributed by atoms with van der Waals surface area (Å²) < 4.78 is 39.8. The Hall–Kier alpha value is -1.47. The van der Waals surface area contributed by atoms with E-state index in [0.29, 0.717) is 12.5 Å². The van der Waals surface area contributed by atoms with Gasteiger partial charge in [0.25, 0.3) is 0 Å². The van der Waals surface area contributed by atoms with Crippen LogP contribution in [0.2, 0.25) is 0 Å². The first-order valence-electron chi connectivity index (χ1n) is 6.68. The fourth-order valence-electron chi connectivity index (χ4n) is 1.78. The minimum atomic E-state index is -1.48. The van der Waals surface area contributed by atoms with Crippen LogP contribution in [0.5, 0.6) is 0 Å². The van der Waals surface area contributed by atoms with Gasteiger partial charge in [-0.1, -0.05) is 25.2 Å². The average molecular weight is 315 g/mol. The number of benzene rings is 1. The number of halogens is 3. The molecule has 0 amide bonds. The van der Waals surface area contributed by atoms with Crippen LogP contribution in [0.25, 0.3) is 10.6 Å². The fourth-order valence-corrected chi connectivity index (χ4v) is 2.69. The van der Waals surface area contributed by atoms with Gasteiger partial charge in [-0.15, -0.1) is 10.2 Å². The monoisotopic (exact) mass is 315 g/mol. The van der Waals surface area contributed by atoms with Gasteiger partial charge >= 0.3 is 0 Å². The molecular weight excluding hydrogens is 299 g/mol. The summed E-state index contributed by atoms with van der Waals surface area (Å²) in [5.41, 5.74) is -0.0574. The molecule has 2 aromatic rings. The summed E-state index contributed by atoms with van der Waals surface area (Å²) in [6, 6.07) is 2.49. The molecule has 0 saturated carbocycles. The van der Waals surface area contributed by atoms with Crippen LogP contribution >= 0.6 is 11.3 Å². The zero-order chi connectivity index (χ0) is 15.4. The Balaban J connectivity index is 2.05. The molecule has 1 heterocycles. The third kappa shape index (κ3) is 4.01.